The Morgan fingerprint density at radius 2 is 2.38 bits per heavy atom. The van der Waals surface area contributed by atoms with E-state index in [2.05, 4.69) is 17.6 Å². The molecule has 1 heterocycles. The Labute approximate surface area is 84.0 Å². The molecule has 1 amide bonds. The van der Waals surface area contributed by atoms with E-state index in [-0.39, 0.29) is 5.91 Å². The molecule has 1 unspecified atom stereocenters. The van der Waals surface area contributed by atoms with Crippen LogP contribution in [0.4, 0.5) is 0 Å². The number of likely N-dealkylation sites (N-methyl/N-ethyl adjacent to an activating group) is 1. The van der Waals surface area contributed by atoms with Gasteiger partial charge >= 0.3 is 0 Å². The third-order valence-corrected chi connectivity index (χ3v) is 3.90. The van der Waals surface area contributed by atoms with Gasteiger partial charge in [-0.3, -0.25) is 4.79 Å². The lowest BCUT2D eigenvalue weighted by atomic mass is 10.1. The average molecular weight is 202 g/mol. The van der Waals surface area contributed by atoms with Crippen LogP contribution < -0.4 is 10.6 Å². The zero-order chi connectivity index (χ0) is 9.73. The largest absolute Gasteiger partial charge is 0.358 e. The van der Waals surface area contributed by atoms with Crippen molar-refractivity contribution in [2.45, 2.75) is 24.5 Å². The zero-order valence-corrected chi connectivity index (χ0v) is 9.17. The minimum absolute atomic E-state index is 0.0617. The first-order chi connectivity index (χ1) is 6.16. The van der Waals surface area contributed by atoms with E-state index in [0.29, 0.717) is 11.3 Å². The fourth-order valence-electron chi connectivity index (χ4n) is 1.51. The van der Waals surface area contributed by atoms with Gasteiger partial charge in [-0.1, -0.05) is 0 Å². The molecule has 0 aromatic heterocycles. The van der Waals surface area contributed by atoms with Crippen molar-refractivity contribution in [2.24, 2.45) is 0 Å². The summed E-state index contributed by atoms with van der Waals surface area (Å²) < 4.78 is 0.355. The van der Waals surface area contributed by atoms with Crippen molar-refractivity contribution in [3.8, 4) is 0 Å². The molecular weight excluding hydrogens is 184 g/mol. The van der Waals surface area contributed by atoms with E-state index >= 15 is 0 Å². The monoisotopic (exact) mass is 202 g/mol. The Kier molecular flexibility index (Phi) is 4.06. The van der Waals surface area contributed by atoms with Gasteiger partial charge in [0.25, 0.3) is 0 Å². The highest BCUT2D eigenvalue weighted by Crippen LogP contribution is 2.36. The van der Waals surface area contributed by atoms with Gasteiger partial charge in [0.15, 0.2) is 0 Å². The maximum Gasteiger partial charge on any atom is 0.233 e. The molecule has 1 aliphatic rings. The van der Waals surface area contributed by atoms with Crippen molar-refractivity contribution >= 4 is 17.7 Å². The molecule has 0 saturated carbocycles. The molecule has 1 atom stereocenters. The topological polar surface area (TPSA) is 41.1 Å². The first-order valence-corrected chi connectivity index (χ1v) is 5.70. The van der Waals surface area contributed by atoms with E-state index in [9.17, 15) is 4.79 Å². The third kappa shape index (κ3) is 3.56. The number of hydrogen-bond donors (Lipinski definition) is 2. The summed E-state index contributed by atoms with van der Waals surface area (Å²) in [5.74, 6) is 1.32. The summed E-state index contributed by atoms with van der Waals surface area (Å²) in [6.07, 6.45) is 2.57. The van der Waals surface area contributed by atoms with Crippen LogP contribution in [0.15, 0.2) is 0 Å². The highest BCUT2D eigenvalue weighted by molar-refractivity contribution is 8.00. The Morgan fingerprint density at radius 3 is 2.92 bits per heavy atom. The number of amides is 1. The van der Waals surface area contributed by atoms with Crippen molar-refractivity contribution < 1.29 is 4.79 Å². The van der Waals surface area contributed by atoms with Crippen LogP contribution in [0.5, 0.6) is 0 Å². The minimum Gasteiger partial charge on any atom is -0.358 e. The van der Waals surface area contributed by atoms with Crippen LogP contribution in [0.1, 0.15) is 19.8 Å². The molecule has 1 fully saturated rings. The van der Waals surface area contributed by atoms with Crippen molar-refractivity contribution in [1.29, 1.82) is 0 Å². The minimum atomic E-state index is 0.0617. The second kappa shape index (κ2) is 4.86. The number of thioether (sulfide) groups is 1. The molecule has 76 valence electrons. The molecule has 13 heavy (non-hydrogen) atoms. The van der Waals surface area contributed by atoms with Gasteiger partial charge in [-0.05, 0) is 25.5 Å². The lowest BCUT2D eigenvalue weighted by molar-refractivity contribution is -0.119. The molecule has 1 rings (SSSR count). The van der Waals surface area contributed by atoms with Crippen LogP contribution in [-0.2, 0) is 4.79 Å². The van der Waals surface area contributed by atoms with Gasteiger partial charge in [-0.15, -0.1) is 0 Å². The number of rotatable bonds is 4. The predicted molar refractivity (Wildman–Crippen MR) is 57.0 cm³/mol. The van der Waals surface area contributed by atoms with Crippen LogP contribution in [0.2, 0.25) is 0 Å². The summed E-state index contributed by atoms with van der Waals surface area (Å²) in [5, 5.41) is 5.78. The van der Waals surface area contributed by atoms with E-state index in [0.717, 1.165) is 6.54 Å². The molecule has 0 radical (unpaired) electrons. The van der Waals surface area contributed by atoms with Gasteiger partial charge in [0.1, 0.15) is 0 Å². The summed E-state index contributed by atoms with van der Waals surface area (Å²) in [6.45, 7) is 3.64. The van der Waals surface area contributed by atoms with E-state index in [4.69, 9.17) is 0 Å². The first-order valence-electron chi connectivity index (χ1n) is 4.71. The third-order valence-electron chi connectivity index (χ3n) is 2.36. The van der Waals surface area contributed by atoms with Gasteiger partial charge in [-0.2, -0.15) is 11.8 Å². The Hall–Kier alpha value is -0.220. The number of hydrogen-bond acceptors (Lipinski definition) is 3. The lowest BCUT2D eigenvalue weighted by Gasteiger charge is -2.22. The maximum atomic E-state index is 10.9. The number of nitrogens with one attached hydrogen (secondary N) is 2. The molecule has 0 aliphatic carbocycles. The Bertz CT molecular complexity index is 178. The van der Waals surface area contributed by atoms with E-state index in [1.54, 1.807) is 7.05 Å². The Balaban J connectivity index is 2.14. The molecule has 0 aromatic carbocycles. The fraction of sp³-hybridized carbons (Fsp3) is 0.889. The standard InChI is InChI=1S/C9H18N2OS/c1-9(4-3-5-13-9)7-11-6-8(12)10-2/h11H,3-7H2,1-2H3,(H,10,12). The average Bonchev–Trinajstić information content (AvgIpc) is 2.52. The summed E-state index contributed by atoms with van der Waals surface area (Å²) >= 11 is 2.01. The SMILES string of the molecule is CNC(=O)CNCC1(C)CCCS1. The molecule has 0 spiro atoms. The molecule has 2 N–H and O–H groups in total. The van der Waals surface area contributed by atoms with Crippen LogP contribution in [0.3, 0.4) is 0 Å². The number of carbonyl (C=O) groups excluding carboxylic acids is 1. The summed E-state index contributed by atoms with van der Waals surface area (Å²) in [7, 11) is 1.66. The van der Waals surface area contributed by atoms with E-state index in [1.165, 1.54) is 18.6 Å². The molecule has 1 aliphatic heterocycles. The molecule has 0 aromatic rings. The molecular formula is C9H18N2OS. The molecule has 0 bridgehead atoms. The summed E-state index contributed by atoms with van der Waals surface area (Å²) in [6, 6.07) is 0. The molecule has 4 heteroatoms. The highest BCUT2D eigenvalue weighted by Gasteiger charge is 2.28. The Morgan fingerprint density at radius 1 is 1.62 bits per heavy atom. The first kappa shape index (κ1) is 10.9. The lowest BCUT2D eigenvalue weighted by Crippen LogP contribution is -2.38. The second-order valence-electron chi connectivity index (χ2n) is 3.68. The van der Waals surface area contributed by atoms with E-state index < -0.39 is 0 Å². The van der Waals surface area contributed by atoms with Gasteiger partial charge in [0, 0.05) is 18.3 Å². The van der Waals surface area contributed by atoms with Crippen molar-refractivity contribution in [1.82, 2.24) is 10.6 Å². The van der Waals surface area contributed by atoms with Crippen LogP contribution in [-0.4, -0.2) is 36.5 Å². The highest BCUT2D eigenvalue weighted by atomic mass is 32.2. The van der Waals surface area contributed by atoms with Gasteiger partial charge in [0.05, 0.1) is 6.54 Å². The van der Waals surface area contributed by atoms with Crippen LogP contribution in [0, 0.1) is 0 Å². The van der Waals surface area contributed by atoms with Crippen molar-refractivity contribution in [3.63, 3.8) is 0 Å². The fourth-order valence-corrected chi connectivity index (χ4v) is 2.78. The van der Waals surface area contributed by atoms with Crippen molar-refractivity contribution in [3.05, 3.63) is 0 Å². The summed E-state index contributed by atoms with van der Waals surface area (Å²) in [4.78, 5) is 10.9. The predicted octanol–water partition coefficient (Wildman–Crippen LogP) is 0.608. The van der Waals surface area contributed by atoms with Gasteiger partial charge in [-0.25, -0.2) is 0 Å². The van der Waals surface area contributed by atoms with Gasteiger partial charge in [0.2, 0.25) is 5.91 Å². The normalized spacial score (nSPS) is 27.5. The quantitative estimate of drug-likeness (QED) is 0.702. The van der Waals surface area contributed by atoms with E-state index in [1.807, 2.05) is 11.8 Å². The summed E-state index contributed by atoms with van der Waals surface area (Å²) in [5.41, 5.74) is 0. The van der Waals surface area contributed by atoms with Crippen LogP contribution >= 0.6 is 11.8 Å². The van der Waals surface area contributed by atoms with Gasteiger partial charge < -0.3 is 10.6 Å². The molecule has 1 saturated heterocycles. The number of carbonyl (C=O) groups is 1. The smallest absolute Gasteiger partial charge is 0.233 e. The van der Waals surface area contributed by atoms with Crippen LogP contribution in [0.25, 0.3) is 0 Å². The second-order valence-corrected chi connectivity index (χ2v) is 5.36. The zero-order valence-electron chi connectivity index (χ0n) is 8.35. The maximum absolute atomic E-state index is 10.9. The molecule has 3 nitrogen and oxygen atoms in total. The van der Waals surface area contributed by atoms with Crippen molar-refractivity contribution in [2.75, 3.05) is 25.9 Å².